The molecule has 0 aliphatic carbocycles. The summed E-state index contributed by atoms with van der Waals surface area (Å²) in [5, 5.41) is 1.28. The second kappa shape index (κ2) is 11.8. The quantitative estimate of drug-likeness (QED) is 0.501. The molecule has 0 saturated heterocycles. The van der Waals surface area contributed by atoms with Crippen LogP contribution in [0.2, 0.25) is 0 Å². The number of ether oxygens (including phenoxy) is 1. The molecule has 2 aromatic rings. The molecule has 0 radical (unpaired) electrons. The number of hydrogen-bond donors (Lipinski definition) is 0. The molecule has 0 atom stereocenters. The van der Waals surface area contributed by atoms with Crippen LogP contribution in [0.5, 0.6) is 5.75 Å². The zero-order valence-electron chi connectivity index (χ0n) is 17.7. The summed E-state index contributed by atoms with van der Waals surface area (Å²) in [6.45, 7) is 2.28. The minimum Gasteiger partial charge on any atom is -0.497 e. The van der Waals surface area contributed by atoms with Crippen molar-refractivity contribution in [2.75, 3.05) is 17.6 Å². The van der Waals surface area contributed by atoms with Crippen molar-refractivity contribution in [2.45, 2.75) is 26.7 Å². The van der Waals surface area contributed by atoms with E-state index in [9.17, 15) is 19.2 Å². The van der Waals surface area contributed by atoms with Gasteiger partial charge < -0.3 is 24.1 Å². The maximum Gasteiger partial charge on any atom is 0.337 e. The van der Waals surface area contributed by atoms with Crippen LogP contribution in [0, 0.1) is 0 Å². The molecule has 0 heterocycles. The minimum absolute atomic E-state index is 0.238. The van der Waals surface area contributed by atoms with E-state index in [1.807, 2.05) is 0 Å². The maximum atomic E-state index is 12.2. The number of para-hydroxylation sites is 1. The number of nitrogens with zero attached hydrogens (tertiary/aromatic N) is 2. The molecule has 0 aliphatic heterocycles. The second-order valence-corrected chi connectivity index (χ2v) is 6.14. The van der Waals surface area contributed by atoms with Gasteiger partial charge in [0.25, 0.3) is 0 Å². The molecule has 0 saturated carbocycles. The Morgan fingerprint density at radius 1 is 0.656 bits per heavy atom. The molecule has 170 valence electrons. The van der Waals surface area contributed by atoms with Crippen LogP contribution in [0.15, 0.2) is 54.6 Å². The van der Waals surface area contributed by atoms with Gasteiger partial charge in [-0.2, -0.15) is 0 Å². The van der Waals surface area contributed by atoms with Crippen molar-refractivity contribution in [1.82, 2.24) is 0 Å². The maximum absolute atomic E-state index is 12.2. The van der Waals surface area contributed by atoms with E-state index in [1.165, 1.54) is 19.2 Å². The summed E-state index contributed by atoms with van der Waals surface area (Å²) < 4.78 is 5.04. The van der Waals surface area contributed by atoms with Crippen molar-refractivity contribution in [3.8, 4) is 5.75 Å². The van der Waals surface area contributed by atoms with Gasteiger partial charge in [0, 0.05) is 13.8 Å². The average Bonchev–Trinajstić information content (AvgIpc) is 2.77. The molecule has 0 N–H and O–H groups in total. The molecular formula is C21H22N2O9. The molecule has 2 aromatic carbocycles. The smallest absolute Gasteiger partial charge is 0.337 e. The van der Waals surface area contributed by atoms with Gasteiger partial charge >= 0.3 is 23.9 Å². The van der Waals surface area contributed by atoms with Crippen molar-refractivity contribution in [1.29, 1.82) is 0 Å². The summed E-state index contributed by atoms with van der Waals surface area (Å²) in [4.78, 5) is 66.7. The monoisotopic (exact) mass is 446 g/mol. The number of benzene rings is 2. The van der Waals surface area contributed by atoms with Gasteiger partial charge in [0.1, 0.15) is 17.1 Å². The Bertz CT molecular complexity index is 932. The van der Waals surface area contributed by atoms with Crippen molar-refractivity contribution < 1.29 is 43.3 Å². The molecule has 2 rings (SSSR count). The topological polar surface area (TPSA) is 121 Å². The first-order chi connectivity index (χ1) is 15.3. The Kier molecular flexibility index (Phi) is 8.84. The third-order valence-corrected chi connectivity index (χ3v) is 3.58. The average molecular weight is 446 g/mol. The molecule has 0 amide bonds. The van der Waals surface area contributed by atoms with Gasteiger partial charge in [-0.1, -0.05) is 18.2 Å². The van der Waals surface area contributed by atoms with Crippen LogP contribution in [0.4, 0.5) is 11.4 Å². The lowest BCUT2D eigenvalue weighted by atomic mass is 10.3. The molecule has 0 aliphatic rings. The van der Waals surface area contributed by atoms with Crippen LogP contribution in [-0.2, 0) is 38.5 Å². The Hall–Kier alpha value is -4.28. The van der Waals surface area contributed by atoms with E-state index in [1.54, 1.807) is 42.5 Å². The van der Waals surface area contributed by atoms with E-state index in [0.29, 0.717) is 21.9 Å². The highest BCUT2D eigenvalue weighted by molar-refractivity contribution is 5.79. The Morgan fingerprint density at radius 2 is 1.09 bits per heavy atom. The standard InChI is InChI=1S/C21H22N2O9/c1-15(24)29-22(17-7-5-4-6-8-17)31-20(26)13-14-21(27)32-23(30-16(2)25)18-9-11-19(28-3)12-10-18/h4-12H,13-14H2,1-3H3. The van der Waals surface area contributed by atoms with Crippen LogP contribution in [0.1, 0.15) is 26.7 Å². The number of methoxy groups -OCH3 is 1. The van der Waals surface area contributed by atoms with Crippen molar-refractivity contribution in [3.05, 3.63) is 54.6 Å². The molecule has 0 fully saturated rings. The first kappa shape index (κ1) is 24.0. The number of carbonyl (C=O) groups is 4. The summed E-state index contributed by atoms with van der Waals surface area (Å²) in [5.74, 6) is -2.64. The van der Waals surface area contributed by atoms with Crippen LogP contribution in [0.25, 0.3) is 0 Å². The van der Waals surface area contributed by atoms with Gasteiger partial charge in [-0.25, -0.2) is 19.2 Å². The SMILES string of the molecule is COc1ccc(N(OC(C)=O)OC(=O)CCC(=O)ON(OC(C)=O)c2ccccc2)cc1. The van der Waals surface area contributed by atoms with Crippen molar-refractivity contribution >= 4 is 35.3 Å². The Balaban J connectivity index is 1.95. The van der Waals surface area contributed by atoms with Crippen LogP contribution >= 0.6 is 0 Å². The number of rotatable bonds is 10. The lowest BCUT2D eigenvalue weighted by Gasteiger charge is -2.21. The van der Waals surface area contributed by atoms with E-state index in [2.05, 4.69) is 0 Å². The van der Waals surface area contributed by atoms with Gasteiger partial charge in [0.05, 0.1) is 20.0 Å². The molecule has 32 heavy (non-hydrogen) atoms. The third kappa shape index (κ3) is 7.86. The van der Waals surface area contributed by atoms with E-state index >= 15 is 0 Å². The zero-order chi connectivity index (χ0) is 23.5. The minimum atomic E-state index is -0.877. The van der Waals surface area contributed by atoms with E-state index in [-0.39, 0.29) is 5.69 Å². The molecule has 0 aromatic heterocycles. The molecule has 0 spiro atoms. The predicted molar refractivity (Wildman–Crippen MR) is 109 cm³/mol. The van der Waals surface area contributed by atoms with Crippen LogP contribution < -0.4 is 15.2 Å². The van der Waals surface area contributed by atoms with Gasteiger partial charge in [-0.3, -0.25) is 0 Å². The largest absolute Gasteiger partial charge is 0.497 e. The predicted octanol–water partition coefficient (Wildman–Crippen LogP) is 2.66. The normalized spacial score (nSPS) is 9.84. The number of anilines is 2. The summed E-state index contributed by atoms with van der Waals surface area (Å²) in [7, 11) is 1.48. The molecular weight excluding hydrogens is 424 g/mol. The van der Waals surface area contributed by atoms with Crippen LogP contribution in [0.3, 0.4) is 0 Å². The fraction of sp³-hybridized carbons (Fsp3) is 0.238. The molecule has 0 bridgehead atoms. The molecule has 11 heteroatoms. The first-order valence-corrected chi connectivity index (χ1v) is 9.36. The van der Waals surface area contributed by atoms with Crippen molar-refractivity contribution in [3.63, 3.8) is 0 Å². The second-order valence-electron chi connectivity index (χ2n) is 6.14. The third-order valence-electron chi connectivity index (χ3n) is 3.58. The van der Waals surface area contributed by atoms with Gasteiger partial charge in [0.15, 0.2) is 0 Å². The van der Waals surface area contributed by atoms with E-state index < -0.39 is 36.7 Å². The summed E-state index contributed by atoms with van der Waals surface area (Å²) in [6.07, 6.45) is -0.810. The van der Waals surface area contributed by atoms with Crippen molar-refractivity contribution in [2.24, 2.45) is 0 Å². The Labute approximate surface area is 183 Å². The zero-order valence-corrected chi connectivity index (χ0v) is 17.7. The fourth-order valence-corrected chi connectivity index (χ4v) is 2.22. The number of carbonyl (C=O) groups excluding carboxylic acids is 4. The summed E-state index contributed by atoms with van der Waals surface area (Å²) in [6, 6.07) is 14.3. The highest BCUT2D eigenvalue weighted by Gasteiger charge is 2.21. The van der Waals surface area contributed by atoms with Gasteiger partial charge in [-0.05, 0) is 46.9 Å². The van der Waals surface area contributed by atoms with E-state index in [0.717, 1.165) is 13.8 Å². The van der Waals surface area contributed by atoms with Gasteiger partial charge in [-0.15, -0.1) is 0 Å². The lowest BCUT2D eigenvalue weighted by Crippen LogP contribution is -2.31. The van der Waals surface area contributed by atoms with E-state index in [4.69, 9.17) is 24.1 Å². The highest BCUT2D eigenvalue weighted by atomic mass is 17.0. The highest BCUT2D eigenvalue weighted by Crippen LogP contribution is 2.21. The van der Waals surface area contributed by atoms with Crippen LogP contribution in [-0.4, -0.2) is 31.0 Å². The summed E-state index contributed by atoms with van der Waals surface area (Å²) >= 11 is 0. The number of hydrogen-bond acceptors (Lipinski definition) is 11. The fourth-order valence-electron chi connectivity index (χ4n) is 2.22. The Morgan fingerprint density at radius 3 is 1.50 bits per heavy atom. The first-order valence-electron chi connectivity index (χ1n) is 9.36. The molecule has 0 unspecified atom stereocenters. The lowest BCUT2D eigenvalue weighted by molar-refractivity contribution is -0.178. The molecule has 11 nitrogen and oxygen atoms in total. The van der Waals surface area contributed by atoms with Gasteiger partial charge in [0.2, 0.25) is 0 Å². The summed E-state index contributed by atoms with van der Waals surface area (Å²) in [5.41, 5.74) is 0.529.